The Bertz CT molecular complexity index is 772. The molecule has 1 amide bonds. The fraction of sp³-hybridized carbons (Fsp3) is 0.619. The molecule has 1 aromatic carbocycles. The summed E-state index contributed by atoms with van der Waals surface area (Å²) in [6, 6.07) is 5.60. The maximum atomic E-state index is 13.9. The number of guanidine groups is 1. The van der Waals surface area contributed by atoms with Crippen molar-refractivity contribution < 1.29 is 14.3 Å². The molecule has 152 valence electrons. The molecule has 1 aromatic rings. The molecule has 1 saturated carbocycles. The Morgan fingerprint density at radius 2 is 1.93 bits per heavy atom. The molecule has 0 spiro atoms. The Morgan fingerprint density at radius 1 is 1.21 bits per heavy atom. The van der Waals surface area contributed by atoms with Gasteiger partial charge in [0.15, 0.2) is 11.5 Å². The van der Waals surface area contributed by atoms with E-state index in [0.717, 1.165) is 44.1 Å². The minimum Gasteiger partial charge on any atom is -0.495 e. The molecule has 3 aliphatic rings. The number of amides is 1. The summed E-state index contributed by atoms with van der Waals surface area (Å²) in [5, 5.41) is 0.522. The van der Waals surface area contributed by atoms with Crippen molar-refractivity contribution in [2.24, 2.45) is 16.6 Å². The summed E-state index contributed by atoms with van der Waals surface area (Å²) in [6.45, 7) is 1.29. The molecule has 1 unspecified atom stereocenters. The SMILES string of the molecule is COc1cc(C2(C3CCCCC3)N=C(N)N(C3CCOCC3)C2=O)ccc1Cl. The number of carbonyl (C=O) groups is 1. The molecule has 0 bridgehead atoms. The summed E-state index contributed by atoms with van der Waals surface area (Å²) in [6.07, 6.45) is 6.92. The number of methoxy groups -OCH3 is 1. The van der Waals surface area contributed by atoms with Crippen LogP contribution in [0, 0.1) is 5.92 Å². The van der Waals surface area contributed by atoms with Gasteiger partial charge in [0.25, 0.3) is 5.91 Å². The Labute approximate surface area is 171 Å². The molecule has 1 atom stereocenters. The molecular formula is C21H28ClN3O3. The normalized spacial score (nSPS) is 27.1. The lowest BCUT2D eigenvalue weighted by molar-refractivity contribution is -0.136. The monoisotopic (exact) mass is 405 g/mol. The van der Waals surface area contributed by atoms with Gasteiger partial charge in [-0.2, -0.15) is 0 Å². The number of hydrogen-bond donors (Lipinski definition) is 1. The summed E-state index contributed by atoms with van der Waals surface area (Å²) in [5.41, 5.74) is 6.21. The lowest BCUT2D eigenvalue weighted by Crippen LogP contribution is -2.52. The molecule has 2 fully saturated rings. The predicted molar refractivity (Wildman–Crippen MR) is 109 cm³/mol. The minimum absolute atomic E-state index is 0.00632. The van der Waals surface area contributed by atoms with Gasteiger partial charge in [0.1, 0.15) is 5.75 Å². The number of nitrogens with zero attached hydrogens (tertiary/aromatic N) is 2. The van der Waals surface area contributed by atoms with E-state index < -0.39 is 5.54 Å². The van der Waals surface area contributed by atoms with Crippen LogP contribution < -0.4 is 10.5 Å². The van der Waals surface area contributed by atoms with Gasteiger partial charge in [-0.25, -0.2) is 4.99 Å². The van der Waals surface area contributed by atoms with E-state index in [9.17, 15) is 4.79 Å². The number of aliphatic imine (C=N–C) groups is 1. The molecule has 2 aliphatic heterocycles. The third-order valence-electron chi connectivity index (χ3n) is 6.43. The highest BCUT2D eigenvalue weighted by atomic mass is 35.5. The van der Waals surface area contributed by atoms with Crippen LogP contribution in [-0.2, 0) is 15.1 Å². The average Bonchev–Trinajstić information content (AvgIpc) is 3.00. The van der Waals surface area contributed by atoms with E-state index in [1.165, 1.54) is 6.42 Å². The third kappa shape index (κ3) is 3.16. The highest BCUT2D eigenvalue weighted by Crippen LogP contribution is 2.48. The van der Waals surface area contributed by atoms with Gasteiger partial charge < -0.3 is 15.2 Å². The van der Waals surface area contributed by atoms with E-state index in [1.54, 1.807) is 18.1 Å². The van der Waals surface area contributed by atoms with Crippen molar-refractivity contribution in [3.8, 4) is 5.75 Å². The topological polar surface area (TPSA) is 77.2 Å². The van der Waals surface area contributed by atoms with Gasteiger partial charge in [-0.3, -0.25) is 9.69 Å². The summed E-state index contributed by atoms with van der Waals surface area (Å²) < 4.78 is 10.9. The molecule has 1 aliphatic carbocycles. The fourth-order valence-corrected chi connectivity index (χ4v) is 5.17. The van der Waals surface area contributed by atoms with Crippen LogP contribution in [-0.4, -0.2) is 43.1 Å². The highest BCUT2D eigenvalue weighted by Gasteiger charge is 2.55. The van der Waals surface area contributed by atoms with Crippen LogP contribution in [0.5, 0.6) is 5.75 Å². The second-order valence-electron chi connectivity index (χ2n) is 7.94. The van der Waals surface area contributed by atoms with Crippen molar-refractivity contribution in [2.45, 2.75) is 56.5 Å². The van der Waals surface area contributed by atoms with Crippen molar-refractivity contribution in [3.05, 3.63) is 28.8 Å². The molecular weight excluding hydrogens is 378 g/mol. The molecule has 28 heavy (non-hydrogen) atoms. The molecule has 0 aromatic heterocycles. The highest BCUT2D eigenvalue weighted by molar-refractivity contribution is 6.32. The van der Waals surface area contributed by atoms with Crippen LogP contribution in [0.3, 0.4) is 0 Å². The molecule has 7 heteroatoms. The van der Waals surface area contributed by atoms with Gasteiger partial charge in [-0.15, -0.1) is 0 Å². The molecule has 6 nitrogen and oxygen atoms in total. The van der Waals surface area contributed by atoms with Crippen LogP contribution >= 0.6 is 11.6 Å². The second-order valence-corrected chi connectivity index (χ2v) is 8.35. The van der Waals surface area contributed by atoms with E-state index >= 15 is 0 Å². The van der Waals surface area contributed by atoms with Crippen molar-refractivity contribution in [3.63, 3.8) is 0 Å². The predicted octanol–water partition coefficient (Wildman–Crippen LogP) is 3.46. The van der Waals surface area contributed by atoms with Gasteiger partial charge in [0.2, 0.25) is 0 Å². The zero-order chi connectivity index (χ0) is 19.7. The van der Waals surface area contributed by atoms with E-state index in [-0.39, 0.29) is 17.9 Å². The summed E-state index contributed by atoms with van der Waals surface area (Å²) in [5.74, 6) is 1.01. The van der Waals surface area contributed by atoms with Crippen molar-refractivity contribution in [1.82, 2.24) is 4.90 Å². The molecule has 4 rings (SSSR count). The quantitative estimate of drug-likeness (QED) is 0.832. The van der Waals surface area contributed by atoms with Gasteiger partial charge in [-0.1, -0.05) is 36.9 Å². The lowest BCUT2D eigenvalue weighted by Gasteiger charge is -2.38. The van der Waals surface area contributed by atoms with E-state index in [1.807, 2.05) is 12.1 Å². The van der Waals surface area contributed by atoms with Crippen molar-refractivity contribution in [2.75, 3.05) is 20.3 Å². The van der Waals surface area contributed by atoms with Gasteiger partial charge in [0, 0.05) is 19.3 Å². The first kappa shape index (κ1) is 19.5. The zero-order valence-electron chi connectivity index (χ0n) is 16.3. The Morgan fingerprint density at radius 3 is 2.61 bits per heavy atom. The molecule has 1 saturated heterocycles. The van der Waals surface area contributed by atoms with Crippen LogP contribution in [0.4, 0.5) is 0 Å². The van der Waals surface area contributed by atoms with Crippen molar-refractivity contribution in [1.29, 1.82) is 0 Å². The van der Waals surface area contributed by atoms with Gasteiger partial charge >= 0.3 is 0 Å². The molecule has 2 heterocycles. The van der Waals surface area contributed by atoms with Gasteiger partial charge in [-0.05, 0) is 49.3 Å². The number of carbonyl (C=O) groups excluding carboxylic acids is 1. The summed E-state index contributed by atoms with van der Waals surface area (Å²) in [7, 11) is 1.58. The maximum absolute atomic E-state index is 13.9. The number of benzene rings is 1. The van der Waals surface area contributed by atoms with E-state index in [0.29, 0.717) is 29.9 Å². The van der Waals surface area contributed by atoms with E-state index in [4.69, 9.17) is 31.8 Å². The number of rotatable bonds is 4. The van der Waals surface area contributed by atoms with Crippen LogP contribution in [0.1, 0.15) is 50.5 Å². The first-order chi connectivity index (χ1) is 13.6. The fourth-order valence-electron chi connectivity index (χ4n) is 4.97. The Kier molecular flexibility index (Phi) is 5.52. The number of hydrogen-bond acceptors (Lipinski definition) is 5. The maximum Gasteiger partial charge on any atom is 0.262 e. The van der Waals surface area contributed by atoms with Gasteiger partial charge in [0.05, 0.1) is 12.1 Å². The minimum atomic E-state index is -0.985. The standard InChI is InChI=1S/C21H28ClN3O3/c1-27-18-13-15(7-8-17(18)22)21(14-5-3-2-4-6-14)19(26)25(20(23)24-21)16-9-11-28-12-10-16/h7-8,13-14,16H,2-6,9-12H2,1H3,(H2,23,24). The molecule has 0 radical (unpaired) electrons. The Balaban J connectivity index is 1.79. The van der Waals surface area contributed by atoms with Crippen LogP contribution in [0.25, 0.3) is 0 Å². The first-order valence-electron chi connectivity index (χ1n) is 10.2. The average molecular weight is 406 g/mol. The zero-order valence-corrected chi connectivity index (χ0v) is 17.1. The number of nitrogens with two attached hydrogens (primary N) is 1. The van der Waals surface area contributed by atoms with Crippen LogP contribution in [0.2, 0.25) is 5.02 Å². The Hall–Kier alpha value is -1.79. The molecule has 2 N–H and O–H groups in total. The number of ether oxygens (including phenoxy) is 2. The first-order valence-corrected chi connectivity index (χ1v) is 10.6. The van der Waals surface area contributed by atoms with Crippen molar-refractivity contribution >= 4 is 23.5 Å². The summed E-state index contributed by atoms with van der Waals surface area (Å²) in [4.78, 5) is 20.6. The lowest BCUT2D eigenvalue weighted by atomic mass is 9.70. The second kappa shape index (κ2) is 7.91. The summed E-state index contributed by atoms with van der Waals surface area (Å²) >= 11 is 6.25. The number of halogens is 1. The third-order valence-corrected chi connectivity index (χ3v) is 6.74. The smallest absolute Gasteiger partial charge is 0.262 e. The van der Waals surface area contributed by atoms with Crippen LogP contribution in [0.15, 0.2) is 23.2 Å². The van der Waals surface area contributed by atoms with E-state index in [2.05, 4.69) is 0 Å². The largest absolute Gasteiger partial charge is 0.495 e.